The van der Waals surface area contributed by atoms with E-state index in [-0.39, 0.29) is 25.2 Å². The molecule has 5 nitrogen and oxygen atoms in total. The van der Waals surface area contributed by atoms with Crippen LogP contribution in [0.25, 0.3) is 0 Å². The Morgan fingerprint density at radius 2 is 0.597 bits per heavy atom. The van der Waals surface area contributed by atoms with Gasteiger partial charge in [0.25, 0.3) is 0 Å². The molecule has 0 aromatic carbocycles. The van der Waals surface area contributed by atoms with Crippen molar-refractivity contribution >= 4 is 11.9 Å². The molecule has 0 fully saturated rings. The average molecular weight is 1000 g/mol. The van der Waals surface area contributed by atoms with E-state index in [0.29, 0.717) is 12.8 Å². The molecule has 5 heteroatoms. The van der Waals surface area contributed by atoms with Crippen LogP contribution < -0.4 is 0 Å². The first kappa shape index (κ1) is 68.8. The van der Waals surface area contributed by atoms with Gasteiger partial charge in [-0.25, -0.2) is 0 Å². The largest absolute Gasteiger partial charge is 0.462 e. The van der Waals surface area contributed by atoms with E-state index in [9.17, 15) is 14.7 Å². The predicted molar refractivity (Wildman–Crippen MR) is 316 cm³/mol. The first-order valence-corrected chi connectivity index (χ1v) is 30.8. The van der Waals surface area contributed by atoms with Crippen molar-refractivity contribution in [1.29, 1.82) is 0 Å². The third-order valence-electron chi connectivity index (χ3n) is 13.4. The normalized spacial score (nSPS) is 12.9. The lowest BCUT2D eigenvalue weighted by atomic mass is 10.0. The Kier molecular flexibility index (Phi) is 59.4. The van der Waals surface area contributed by atoms with E-state index in [0.717, 1.165) is 89.9 Å². The Labute approximate surface area is 447 Å². The summed E-state index contributed by atoms with van der Waals surface area (Å²) < 4.78 is 10.7. The maximum Gasteiger partial charge on any atom is 0.306 e. The van der Waals surface area contributed by atoms with Gasteiger partial charge < -0.3 is 14.6 Å². The smallest absolute Gasteiger partial charge is 0.306 e. The van der Waals surface area contributed by atoms with Crippen LogP contribution in [0.5, 0.6) is 0 Å². The fourth-order valence-corrected chi connectivity index (χ4v) is 8.77. The van der Waals surface area contributed by atoms with Crippen molar-refractivity contribution in [2.75, 3.05) is 13.2 Å². The summed E-state index contributed by atoms with van der Waals surface area (Å²) in [5.41, 5.74) is 0. The Balaban J connectivity index is 3.46. The molecule has 0 rings (SSSR count). The van der Waals surface area contributed by atoms with Crippen LogP contribution in [0.4, 0.5) is 0 Å². The topological polar surface area (TPSA) is 72.8 Å². The maximum atomic E-state index is 12.3. The Morgan fingerprint density at radius 1 is 0.333 bits per heavy atom. The van der Waals surface area contributed by atoms with E-state index in [1.807, 2.05) is 0 Å². The van der Waals surface area contributed by atoms with Gasteiger partial charge in [0.1, 0.15) is 6.61 Å². The van der Waals surface area contributed by atoms with E-state index in [1.54, 1.807) is 0 Å². The molecule has 0 aromatic rings. The first-order valence-electron chi connectivity index (χ1n) is 30.8. The highest BCUT2D eigenvalue weighted by atomic mass is 16.6. The molecule has 1 N–H and O–H groups in total. The molecule has 1 unspecified atom stereocenters. The standard InChI is InChI=1S/C67H116O5/c1-3-5-7-9-11-13-15-17-19-21-23-25-26-27-28-29-30-31-32-33-34-35-36-37-38-39-40-42-44-46-48-50-52-54-56-58-60-62-67(70)72-65(63-68)64-71-66(69)61-59-57-55-53-51-49-47-45-43-41-24-22-20-18-16-14-12-10-8-6-4-2/h5,7,11,13,16-19,22-25,27-28,43,45,65,68H,3-4,6,8-10,12,14-15,20-21,26,29-42,44,46-64H2,1-2H3/b7-5-,13-11-,18-16-,19-17-,24-22-,25-23-,28-27-,45-43-. The summed E-state index contributed by atoms with van der Waals surface area (Å²) in [5, 5.41) is 9.67. The average Bonchev–Trinajstić information content (AvgIpc) is 3.38. The first-order chi connectivity index (χ1) is 35.6. The number of hydrogen-bond donors (Lipinski definition) is 1. The summed E-state index contributed by atoms with van der Waals surface area (Å²) in [5.74, 6) is -0.597. The minimum atomic E-state index is -0.781. The molecular weight excluding hydrogens is 885 g/mol. The van der Waals surface area contributed by atoms with Crippen molar-refractivity contribution < 1.29 is 24.2 Å². The van der Waals surface area contributed by atoms with E-state index >= 15 is 0 Å². The van der Waals surface area contributed by atoms with Crippen LogP contribution in [0.1, 0.15) is 296 Å². The zero-order valence-corrected chi connectivity index (χ0v) is 47.4. The molecule has 72 heavy (non-hydrogen) atoms. The summed E-state index contributed by atoms with van der Waals surface area (Å²) in [6.45, 7) is 4.03. The summed E-state index contributed by atoms with van der Waals surface area (Å²) in [6, 6.07) is 0. The lowest BCUT2D eigenvalue weighted by Gasteiger charge is -2.15. The number of ether oxygens (including phenoxy) is 2. The number of hydrogen-bond acceptors (Lipinski definition) is 5. The molecule has 0 heterocycles. The van der Waals surface area contributed by atoms with Crippen molar-refractivity contribution in [3.8, 4) is 0 Å². The van der Waals surface area contributed by atoms with Gasteiger partial charge in [-0.15, -0.1) is 0 Å². The summed E-state index contributed by atoms with van der Waals surface area (Å²) in [4.78, 5) is 24.5. The number of allylic oxidation sites excluding steroid dienone is 16. The number of rotatable bonds is 56. The van der Waals surface area contributed by atoms with E-state index in [1.165, 1.54) is 180 Å². The number of aliphatic hydroxyl groups is 1. The highest BCUT2D eigenvalue weighted by Crippen LogP contribution is 2.17. The number of esters is 2. The van der Waals surface area contributed by atoms with Crippen LogP contribution in [0.3, 0.4) is 0 Å². The molecule has 0 aliphatic rings. The fourth-order valence-electron chi connectivity index (χ4n) is 8.77. The number of aliphatic hydroxyl groups excluding tert-OH is 1. The molecule has 414 valence electrons. The van der Waals surface area contributed by atoms with Crippen LogP contribution in [-0.2, 0) is 19.1 Å². The Bertz CT molecular complexity index is 1360. The van der Waals surface area contributed by atoms with Crippen LogP contribution in [0, 0.1) is 0 Å². The van der Waals surface area contributed by atoms with E-state index in [2.05, 4.69) is 111 Å². The molecule has 0 amide bonds. The molecule has 0 bridgehead atoms. The van der Waals surface area contributed by atoms with Crippen LogP contribution in [0.15, 0.2) is 97.2 Å². The predicted octanol–water partition coefficient (Wildman–Crippen LogP) is 21.1. The monoisotopic (exact) mass is 1000 g/mol. The van der Waals surface area contributed by atoms with Gasteiger partial charge in [0, 0.05) is 12.8 Å². The maximum absolute atomic E-state index is 12.3. The van der Waals surface area contributed by atoms with Crippen molar-refractivity contribution in [2.45, 2.75) is 302 Å². The van der Waals surface area contributed by atoms with Gasteiger partial charge in [-0.2, -0.15) is 0 Å². The minimum absolute atomic E-state index is 0.0734. The van der Waals surface area contributed by atoms with Gasteiger partial charge in [0.05, 0.1) is 6.61 Å². The zero-order valence-electron chi connectivity index (χ0n) is 47.4. The Morgan fingerprint density at radius 3 is 0.903 bits per heavy atom. The highest BCUT2D eigenvalue weighted by molar-refractivity contribution is 5.70. The van der Waals surface area contributed by atoms with Gasteiger partial charge in [0.15, 0.2) is 6.10 Å². The molecule has 0 saturated heterocycles. The second-order valence-electron chi connectivity index (χ2n) is 20.4. The van der Waals surface area contributed by atoms with Crippen molar-refractivity contribution in [1.82, 2.24) is 0 Å². The summed E-state index contributed by atoms with van der Waals surface area (Å²) in [6.07, 6.45) is 88.3. The van der Waals surface area contributed by atoms with Crippen LogP contribution in [-0.4, -0.2) is 36.4 Å². The second kappa shape index (κ2) is 62.1. The third kappa shape index (κ3) is 59.4. The van der Waals surface area contributed by atoms with E-state index < -0.39 is 6.10 Å². The molecule has 1 atom stereocenters. The molecule has 0 spiro atoms. The van der Waals surface area contributed by atoms with Crippen molar-refractivity contribution in [3.05, 3.63) is 97.2 Å². The van der Waals surface area contributed by atoms with Gasteiger partial charge in [0.2, 0.25) is 0 Å². The number of carbonyl (C=O) groups excluding carboxylic acids is 2. The number of carbonyl (C=O) groups is 2. The van der Waals surface area contributed by atoms with Gasteiger partial charge in [-0.05, 0) is 96.3 Å². The fraction of sp³-hybridized carbons (Fsp3) is 0.731. The zero-order chi connectivity index (χ0) is 52.0. The number of unbranched alkanes of at least 4 members (excludes halogenated alkanes) is 32. The van der Waals surface area contributed by atoms with Gasteiger partial charge in [-0.3, -0.25) is 9.59 Å². The van der Waals surface area contributed by atoms with Gasteiger partial charge in [-0.1, -0.05) is 284 Å². The Hall–Kier alpha value is -3.18. The minimum Gasteiger partial charge on any atom is -0.462 e. The molecular formula is C67H116O5. The van der Waals surface area contributed by atoms with Crippen LogP contribution >= 0.6 is 0 Å². The molecule has 0 aliphatic heterocycles. The van der Waals surface area contributed by atoms with Gasteiger partial charge >= 0.3 is 11.9 Å². The van der Waals surface area contributed by atoms with Crippen molar-refractivity contribution in [3.63, 3.8) is 0 Å². The SMILES string of the molecule is CC/C=C\C/C=C\C/C=C\C/C=C\C/C=C\CCCCCCCCCCCCCCCCCCCCCCCC(=O)OC(CO)COC(=O)CCCCCCCC/C=C\C/C=C\C/C=C\CCCCCCC. The molecule has 0 aliphatic carbocycles. The molecule has 0 aromatic heterocycles. The summed E-state index contributed by atoms with van der Waals surface area (Å²) >= 11 is 0. The molecule has 0 radical (unpaired) electrons. The molecule has 0 saturated carbocycles. The van der Waals surface area contributed by atoms with Crippen molar-refractivity contribution in [2.24, 2.45) is 0 Å². The lowest BCUT2D eigenvalue weighted by Crippen LogP contribution is -2.28. The quantitative estimate of drug-likeness (QED) is 0.0373. The second-order valence-corrected chi connectivity index (χ2v) is 20.4. The lowest BCUT2D eigenvalue weighted by molar-refractivity contribution is -0.161. The van der Waals surface area contributed by atoms with E-state index in [4.69, 9.17) is 9.47 Å². The van der Waals surface area contributed by atoms with Crippen LogP contribution in [0.2, 0.25) is 0 Å². The highest BCUT2D eigenvalue weighted by Gasteiger charge is 2.16. The third-order valence-corrected chi connectivity index (χ3v) is 13.4. The summed E-state index contributed by atoms with van der Waals surface area (Å²) in [7, 11) is 0.